The normalized spacial score (nSPS) is 24.5. The number of nitrogens with two attached hydrogens (primary N) is 1. The summed E-state index contributed by atoms with van der Waals surface area (Å²) in [6.07, 6.45) is 3.07. The summed E-state index contributed by atoms with van der Waals surface area (Å²) < 4.78 is 76.4. The molecular formula is C24H21F5N4O3S. The first-order valence-electron chi connectivity index (χ1n) is 11.0. The van der Waals surface area contributed by atoms with E-state index in [-0.39, 0.29) is 48.4 Å². The van der Waals surface area contributed by atoms with Gasteiger partial charge in [0.1, 0.15) is 30.3 Å². The van der Waals surface area contributed by atoms with Crippen LogP contribution in [0.15, 0.2) is 35.6 Å². The van der Waals surface area contributed by atoms with Crippen LogP contribution in [0.2, 0.25) is 0 Å². The maximum atomic E-state index is 15.0. The van der Waals surface area contributed by atoms with Crippen LogP contribution in [0.3, 0.4) is 0 Å². The van der Waals surface area contributed by atoms with Crippen molar-refractivity contribution >= 4 is 22.7 Å². The van der Waals surface area contributed by atoms with Crippen molar-refractivity contribution in [1.82, 2.24) is 9.97 Å². The maximum absolute atomic E-state index is 15.0. The van der Waals surface area contributed by atoms with Crippen LogP contribution in [-0.2, 0) is 16.7 Å². The minimum absolute atomic E-state index is 0.0150. The average molecular weight is 541 g/mol. The van der Waals surface area contributed by atoms with Gasteiger partial charge in [-0.1, -0.05) is 23.7 Å². The number of thioether (sulfide) groups is 1. The molecule has 0 spiro atoms. The number of ketones is 1. The standard InChI is InChI=1S/C24H21F5N4O3S/c1-2-5-36-20-10-31-17(9-32-20)18(34)7-14-3-4-16(26)15(6-14)23(11-25)19-8-22(19,37-21(30)33-23)12-35-13-24(27,28)29/h1,3-4,6,9-10,19H,5,7-8,11-13H2,(H2,30,33)/t19-,22-,23-/m1/s1. The highest BCUT2D eigenvalue weighted by Gasteiger charge is 2.68. The van der Waals surface area contributed by atoms with Crippen molar-refractivity contribution in [2.24, 2.45) is 16.6 Å². The predicted octanol–water partition coefficient (Wildman–Crippen LogP) is 3.62. The van der Waals surface area contributed by atoms with E-state index in [1.807, 2.05) is 0 Å². The lowest BCUT2D eigenvalue weighted by molar-refractivity contribution is -0.174. The van der Waals surface area contributed by atoms with Gasteiger partial charge in [-0.05, 0) is 24.1 Å². The summed E-state index contributed by atoms with van der Waals surface area (Å²) in [5.74, 6) is 0.545. The molecule has 0 radical (unpaired) electrons. The number of fused-ring (bicyclic) bond motifs is 1. The van der Waals surface area contributed by atoms with E-state index in [2.05, 4.69) is 20.9 Å². The summed E-state index contributed by atoms with van der Waals surface area (Å²) in [6, 6.07) is 3.80. The molecule has 1 saturated carbocycles. The Morgan fingerprint density at radius 1 is 1.30 bits per heavy atom. The SMILES string of the molecule is C#CCOc1cnc(C(=O)Cc2ccc(F)c([C@@]3(CF)N=C(N)S[C@@]4(COCC(F)(F)F)C[C@H]43)c2)cn1. The summed E-state index contributed by atoms with van der Waals surface area (Å²) in [5, 5.41) is -0.0784. The number of aromatic nitrogens is 2. The lowest BCUT2D eigenvalue weighted by Gasteiger charge is -2.35. The first kappa shape index (κ1) is 26.8. The van der Waals surface area contributed by atoms with Crippen molar-refractivity contribution in [1.29, 1.82) is 0 Å². The zero-order valence-electron chi connectivity index (χ0n) is 19.2. The zero-order valence-corrected chi connectivity index (χ0v) is 20.0. The smallest absolute Gasteiger partial charge is 0.411 e. The number of hydrogen-bond donors (Lipinski definition) is 1. The quantitative estimate of drug-likeness (QED) is 0.279. The van der Waals surface area contributed by atoms with Gasteiger partial charge in [-0.3, -0.25) is 4.79 Å². The van der Waals surface area contributed by atoms with E-state index in [0.29, 0.717) is 5.56 Å². The molecule has 196 valence electrons. The van der Waals surface area contributed by atoms with E-state index in [4.69, 9.17) is 21.6 Å². The molecule has 1 aliphatic carbocycles. The topological polar surface area (TPSA) is 99.7 Å². The third kappa shape index (κ3) is 5.70. The van der Waals surface area contributed by atoms with E-state index in [1.165, 1.54) is 24.5 Å². The van der Waals surface area contributed by atoms with Crippen molar-refractivity contribution in [2.45, 2.75) is 29.3 Å². The number of Topliss-reactive ketones (excluding diaryl/α,β-unsaturated/α-hetero) is 1. The molecule has 1 aromatic carbocycles. The van der Waals surface area contributed by atoms with Gasteiger partial charge in [0, 0.05) is 17.9 Å². The second-order valence-electron chi connectivity index (χ2n) is 8.69. The molecule has 0 amide bonds. The molecule has 0 bridgehead atoms. The number of aliphatic imine (C=N–C) groups is 1. The number of rotatable bonds is 10. The Kier molecular flexibility index (Phi) is 7.43. The number of carbonyl (C=O) groups is 1. The molecule has 4 rings (SSSR count). The van der Waals surface area contributed by atoms with E-state index in [0.717, 1.165) is 17.8 Å². The molecule has 1 aliphatic heterocycles. The van der Waals surface area contributed by atoms with Gasteiger partial charge in [-0.15, -0.1) is 6.42 Å². The lowest BCUT2D eigenvalue weighted by atomic mass is 9.83. The Labute approximate surface area is 213 Å². The van der Waals surface area contributed by atoms with Crippen LogP contribution in [0.4, 0.5) is 22.0 Å². The molecule has 0 saturated heterocycles. The Morgan fingerprint density at radius 3 is 2.73 bits per heavy atom. The summed E-state index contributed by atoms with van der Waals surface area (Å²) in [4.78, 5) is 24.9. The van der Waals surface area contributed by atoms with E-state index in [9.17, 15) is 22.4 Å². The summed E-state index contributed by atoms with van der Waals surface area (Å²) in [6.45, 7) is -2.97. The van der Waals surface area contributed by atoms with Gasteiger partial charge in [0.25, 0.3) is 0 Å². The van der Waals surface area contributed by atoms with Crippen LogP contribution < -0.4 is 10.5 Å². The van der Waals surface area contributed by atoms with Gasteiger partial charge >= 0.3 is 6.18 Å². The minimum Gasteiger partial charge on any atom is -0.463 e. The third-order valence-corrected chi connectivity index (χ3v) is 7.39. The first-order valence-corrected chi connectivity index (χ1v) is 11.8. The van der Waals surface area contributed by atoms with E-state index >= 15 is 4.39 Å². The summed E-state index contributed by atoms with van der Waals surface area (Å²) in [5.41, 5.74) is 4.43. The number of hydrogen-bond acceptors (Lipinski definition) is 8. The fraction of sp³-hybridized carbons (Fsp3) is 0.417. The molecule has 0 unspecified atom stereocenters. The lowest BCUT2D eigenvalue weighted by Crippen LogP contribution is -2.41. The molecule has 37 heavy (non-hydrogen) atoms. The molecular weight excluding hydrogens is 519 g/mol. The molecule has 2 aliphatic rings. The van der Waals surface area contributed by atoms with Crippen molar-refractivity contribution in [3.63, 3.8) is 0 Å². The predicted molar refractivity (Wildman–Crippen MR) is 125 cm³/mol. The van der Waals surface area contributed by atoms with Gasteiger partial charge < -0.3 is 15.2 Å². The van der Waals surface area contributed by atoms with Crippen LogP contribution in [0.5, 0.6) is 5.88 Å². The Balaban J connectivity index is 1.56. The maximum Gasteiger partial charge on any atom is 0.411 e. The van der Waals surface area contributed by atoms with Crippen molar-refractivity contribution in [3.8, 4) is 18.2 Å². The van der Waals surface area contributed by atoms with Crippen LogP contribution in [0.1, 0.15) is 28.0 Å². The van der Waals surface area contributed by atoms with Crippen LogP contribution in [-0.4, -0.2) is 58.3 Å². The second kappa shape index (κ2) is 10.3. The molecule has 2 N–H and O–H groups in total. The summed E-state index contributed by atoms with van der Waals surface area (Å²) in [7, 11) is 0. The fourth-order valence-electron chi connectivity index (χ4n) is 4.42. The van der Waals surface area contributed by atoms with E-state index in [1.54, 1.807) is 0 Å². The minimum atomic E-state index is -4.52. The van der Waals surface area contributed by atoms with E-state index < -0.39 is 47.3 Å². The molecule has 13 heteroatoms. The van der Waals surface area contributed by atoms with Crippen LogP contribution in [0, 0.1) is 24.1 Å². The fourth-order valence-corrected chi connectivity index (χ4v) is 5.78. The highest BCUT2D eigenvalue weighted by atomic mass is 32.2. The van der Waals surface area contributed by atoms with Gasteiger partial charge in [-0.25, -0.2) is 23.7 Å². The molecule has 2 aromatic rings. The molecule has 1 aromatic heterocycles. The average Bonchev–Trinajstić information content (AvgIpc) is 3.57. The Morgan fingerprint density at radius 2 is 2.08 bits per heavy atom. The highest BCUT2D eigenvalue weighted by Crippen LogP contribution is 2.66. The molecule has 3 atom stereocenters. The molecule has 7 nitrogen and oxygen atoms in total. The summed E-state index contributed by atoms with van der Waals surface area (Å²) >= 11 is 1.01. The van der Waals surface area contributed by atoms with Crippen LogP contribution >= 0.6 is 11.8 Å². The number of ether oxygens (including phenoxy) is 2. The van der Waals surface area contributed by atoms with Crippen LogP contribution in [0.25, 0.3) is 0 Å². The van der Waals surface area contributed by atoms with Crippen molar-refractivity contribution in [2.75, 3.05) is 26.5 Å². The number of terminal acetylenes is 1. The molecule has 2 heterocycles. The first-order chi connectivity index (χ1) is 17.5. The van der Waals surface area contributed by atoms with Gasteiger partial charge in [-0.2, -0.15) is 13.2 Å². The second-order valence-corrected chi connectivity index (χ2v) is 10.1. The third-order valence-electron chi connectivity index (χ3n) is 6.11. The number of benzene rings is 1. The highest BCUT2D eigenvalue weighted by molar-refractivity contribution is 8.15. The number of nitrogens with zero attached hydrogens (tertiary/aromatic N) is 3. The van der Waals surface area contributed by atoms with Gasteiger partial charge in [0.15, 0.2) is 17.6 Å². The molecule has 1 fully saturated rings. The number of amidine groups is 1. The van der Waals surface area contributed by atoms with Gasteiger partial charge in [0.2, 0.25) is 5.88 Å². The van der Waals surface area contributed by atoms with Crippen molar-refractivity contribution < 1.29 is 36.2 Å². The zero-order chi connectivity index (χ0) is 26.8. The number of alkyl halides is 4. The Bertz CT molecular complexity index is 1250. The largest absolute Gasteiger partial charge is 0.463 e. The Hall–Kier alpha value is -3.24. The monoisotopic (exact) mass is 540 g/mol. The number of halogens is 5. The van der Waals surface area contributed by atoms with Crippen molar-refractivity contribution in [3.05, 3.63) is 53.2 Å². The number of carbonyl (C=O) groups excluding carboxylic acids is 1. The van der Waals surface area contributed by atoms with Gasteiger partial charge in [0.05, 0.1) is 23.7 Å².